The highest BCUT2D eigenvalue weighted by Crippen LogP contribution is 2.31. The molecular weight excluding hydrogens is 425 g/mol. The maximum Gasteiger partial charge on any atom is 0.258 e. The molecule has 5 nitrogen and oxygen atoms in total. The Morgan fingerprint density at radius 3 is 2.43 bits per heavy atom. The van der Waals surface area contributed by atoms with Crippen LogP contribution in [0.15, 0.2) is 75.9 Å². The maximum atomic E-state index is 13.3. The van der Waals surface area contributed by atoms with Gasteiger partial charge in [0, 0.05) is 15.6 Å². The molecule has 0 fully saturated rings. The Kier molecular flexibility index (Phi) is 5.48. The average Bonchev–Trinajstić information content (AvgIpc) is 2.75. The van der Waals surface area contributed by atoms with Gasteiger partial charge in [-0.25, -0.2) is 0 Å². The van der Waals surface area contributed by atoms with Gasteiger partial charge in [-0.3, -0.25) is 14.9 Å². The molecule has 1 heterocycles. The summed E-state index contributed by atoms with van der Waals surface area (Å²) in [5.41, 5.74) is 1.11. The number of anilines is 1. The van der Waals surface area contributed by atoms with Gasteiger partial charge in [-0.05, 0) is 54.1 Å². The number of nitrogens with one attached hydrogen (secondary N) is 1. The van der Waals surface area contributed by atoms with Crippen LogP contribution in [0.1, 0.15) is 10.4 Å². The number of fused-ring (bicyclic) bond motifs is 1. The minimum Gasteiger partial charge on any atom is -0.497 e. The molecule has 0 saturated heterocycles. The monoisotopic (exact) mass is 439 g/mol. The molecule has 30 heavy (non-hydrogen) atoms. The van der Waals surface area contributed by atoms with Crippen molar-refractivity contribution in [1.29, 1.82) is 0 Å². The van der Waals surface area contributed by atoms with Crippen LogP contribution in [0.25, 0.3) is 22.1 Å². The van der Waals surface area contributed by atoms with Crippen LogP contribution in [0.4, 0.5) is 5.88 Å². The smallest absolute Gasteiger partial charge is 0.258 e. The second kappa shape index (κ2) is 8.22. The molecule has 1 amide bonds. The van der Waals surface area contributed by atoms with E-state index in [2.05, 4.69) is 5.32 Å². The number of carbonyl (C=O) groups excluding carboxylic acids is 1. The van der Waals surface area contributed by atoms with E-state index in [-0.39, 0.29) is 16.9 Å². The van der Waals surface area contributed by atoms with E-state index in [0.717, 1.165) is 0 Å². The molecule has 0 bridgehead atoms. The molecule has 0 unspecified atom stereocenters. The Morgan fingerprint density at radius 1 is 0.967 bits per heavy atom. The largest absolute Gasteiger partial charge is 0.497 e. The van der Waals surface area contributed by atoms with E-state index >= 15 is 0 Å². The molecule has 0 aliphatic heterocycles. The lowest BCUT2D eigenvalue weighted by Crippen LogP contribution is -2.16. The predicted octanol–water partition coefficient (Wildman–Crippen LogP) is 6.03. The lowest BCUT2D eigenvalue weighted by atomic mass is 10.0. The Hall–Kier alpha value is -3.28. The third kappa shape index (κ3) is 3.90. The normalized spacial score (nSPS) is 10.8. The summed E-state index contributed by atoms with van der Waals surface area (Å²) in [5, 5.41) is 3.95. The van der Waals surface area contributed by atoms with Gasteiger partial charge in [-0.2, -0.15) is 0 Å². The Balaban J connectivity index is 1.88. The Labute approximate surface area is 181 Å². The summed E-state index contributed by atoms with van der Waals surface area (Å²) in [4.78, 5) is 26.1. The van der Waals surface area contributed by atoms with Gasteiger partial charge in [0.05, 0.1) is 18.1 Å². The average molecular weight is 440 g/mol. The summed E-state index contributed by atoms with van der Waals surface area (Å²) in [7, 11) is 1.52. The number of rotatable bonds is 4. The quantitative estimate of drug-likeness (QED) is 0.421. The number of ether oxygens (including phenoxy) is 1. The SMILES string of the molecule is COc1cccc(C(=O)Nc2oc3ccc(Cl)cc3c(=O)c2-c2ccc(Cl)cc2)c1. The number of halogens is 2. The van der Waals surface area contributed by atoms with Gasteiger partial charge in [0.1, 0.15) is 11.3 Å². The highest BCUT2D eigenvalue weighted by molar-refractivity contribution is 6.31. The highest BCUT2D eigenvalue weighted by atomic mass is 35.5. The molecule has 0 spiro atoms. The summed E-state index contributed by atoms with van der Waals surface area (Å²) >= 11 is 12.0. The van der Waals surface area contributed by atoms with E-state index < -0.39 is 5.91 Å². The first-order valence-electron chi connectivity index (χ1n) is 8.94. The molecule has 3 aromatic carbocycles. The molecule has 1 aromatic heterocycles. The third-order valence-electron chi connectivity index (χ3n) is 4.54. The first-order valence-corrected chi connectivity index (χ1v) is 9.69. The van der Waals surface area contributed by atoms with Crippen LogP contribution in [0, 0.1) is 0 Å². The molecule has 4 rings (SSSR count). The second-order valence-electron chi connectivity index (χ2n) is 6.47. The molecule has 0 saturated carbocycles. The van der Waals surface area contributed by atoms with Crippen LogP contribution in [0.2, 0.25) is 10.0 Å². The molecular formula is C23H15Cl2NO4. The number of benzene rings is 3. The van der Waals surface area contributed by atoms with Gasteiger partial charge in [-0.1, -0.05) is 41.4 Å². The summed E-state index contributed by atoms with van der Waals surface area (Å²) in [6.07, 6.45) is 0. The fourth-order valence-corrected chi connectivity index (χ4v) is 3.37. The number of hydrogen-bond acceptors (Lipinski definition) is 4. The van der Waals surface area contributed by atoms with Crippen molar-refractivity contribution < 1.29 is 13.9 Å². The van der Waals surface area contributed by atoms with Gasteiger partial charge >= 0.3 is 0 Å². The van der Waals surface area contributed by atoms with Crippen LogP contribution < -0.4 is 15.5 Å². The van der Waals surface area contributed by atoms with Crippen LogP contribution in [-0.2, 0) is 0 Å². The Morgan fingerprint density at radius 2 is 1.70 bits per heavy atom. The molecule has 0 aliphatic carbocycles. The minimum absolute atomic E-state index is 0.0324. The van der Waals surface area contributed by atoms with E-state index in [9.17, 15) is 9.59 Å². The third-order valence-corrected chi connectivity index (χ3v) is 5.03. The van der Waals surface area contributed by atoms with Gasteiger partial charge in [0.2, 0.25) is 11.3 Å². The lowest BCUT2D eigenvalue weighted by molar-refractivity contribution is 0.102. The fourth-order valence-electron chi connectivity index (χ4n) is 3.07. The number of methoxy groups -OCH3 is 1. The highest BCUT2D eigenvalue weighted by Gasteiger charge is 2.19. The van der Waals surface area contributed by atoms with E-state index in [0.29, 0.717) is 37.9 Å². The van der Waals surface area contributed by atoms with Crippen molar-refractivity contribution in [3.63, 3.8) is 0 Å². The molecule has 150 valence electrons. The van der Waals surface area contributed by atoms with E-state index in [1.807, 2.05) is 0 Å². The standard InChI is InChI=1S/C23H15Cl2NO4/c1-29-17-4-2-3-14(11-17)22(28)26-23-20(13-5-7-15(24)8-6-13)21(27)18-12-16(25)9-10-19(18)30-23/h2-12H,1H3,(H,26,28). The second-order valence-corrected chi connectivity index (χ2v) is 7.34. The lowest BCUT2D eigenvalue weighted by Gasteiger charge is -2.12. The van der Waals surface area contributed by atoms with Crippen molar-refractivity contribution in [3.05, 3.63) is 92.6 Å². The maximum absolute atomic E-state index is 13.3. The molecule has 0 radical (unpaired) electrons. The zero-order chi connectivity index (χ0) is 21.3. The van der Waals surface area contributed by atoms with Crippen molar-refractivity contribution in [2.75, 3.05) is 12.4 Å². The van der Waals surface area contributed by atoms with Gasteiger partial charge < -0.3 is 9.15 Å². The van der Waals surface area contributed by atoms with Crippen molar-refractivity contribution in [2.24, 2.45) is 0 Å². The van der Waals surface area contributed by atoms with Crippen LogP contribution >= 0.6 is 23.2 Å². The molecule has 7 heteroatoms. The van der Waals surface area contributed by atoms with Gasteiger partial charge in [-0.15, -0.1) is 0 Å². The summed E-state index contributed by atoms with van der Waals surface area (Å²) in [6.45, 7) is 0. The fraction of sp³-hybridized carbons (Fsp3) is 0.0435. The zero-order valence-electron chi connectivity index (χ0n) is 15.7. The number of hydrogen-bond donors (Lipinski definition) is 1. The molecule has 0 aliphatic rings. The summed E-state index contributed by atoms with van der Waals surface area (Å²) < 4.78 is 11.1. The van der Waals surface area contributed by atoms with E-state index in [4.69, 9.17) is 32.4 Å². The van der Waals surface area contributed by atoms with Crippen LogP contribution in [0.3, 0.4) is 0 Å². The summed E-state index contributed by atoms with van der Waals surface area (Å²) in [6, 6.07) is 18.1. The number of amides is 1. The first kappa shape index (κ1) is 20.0. The number of carbonyl (C=O) groups is 1. The van der Waals surface area contributed by atoms with Crippen molar-refractivity contribution in [2.45, 2.75) is 0 Å². The van der Waals surface area contributed by atoms with Crippen molar-refractivity contribution >= 4 is 46.0 Å². The summed E-state index contributed by atoms with van der Waals surface area (Å²) in [5.74, 6) is 0.126. The van der Waals surface area contributed by atoms with Crippen LogP contribution in [0.5, 0.6) is 5.75 Å². The predicted molar refractivity (Wildman–Crippen MR) is 119 cm³/mol. The zero-order valence-corrected chi connectivity index (χ0v) is 17.3. The first-order chi connectivity index (χ1) is 14.5. The molecule has 1 N–H and O–H groups in total. The molecule has 0 atom stereocenters. The van der Waals surface area contributed by atoms with Crippen LogP contribution in [-0.4, -0.2) is 13.0 Å². The van der Waals surface area contributed by atoms with Gasteiger partial charge in [0.15, 0.2) is 0 Å². The molecule has 4 aromatic rings. The van der Waals surface area contributed by atoms with Crippen molar-refractivity contribution in [1.82, 2.24) is 0 Å². The topological polar surface area (TPSA) is 68.5 Å². The van der Waals surface area contributed by atoms with E-state index in [1.54, 1.807) is 60.7 Å². The minimum atomic E-state index is -0.444. The van der Waals surface area contributed by atoms with E-state index in [1.165, 1.54) is 13.2 Å². The van der Waals surface area contributed by atoms with Crippen molar-refractivity contribution in [3.8, 4) is 16.9 Å². The van der Waals surface area contributed by atoms with Gasteiger partial charge in [0.25, 0.3) is 5.91 Å². The Bertz CT molecular complexity index is 1310.